The number of fused-ring (bicyclic) bond motifs is 1. The van der Waals surface area contributed by atoms with Gasteiger partial charge >= 0.3 is 0 Å². The molecule has 2 heterocycles. The summed E-state index contributed by atoms with van der Waals surface area (Å²) in [5.41, 5.74) is 1.16. The number of rotatable bonds is 6. The van der Waals surface area contributed by atoms with Crippen LogP contribution in [0.1, 0.15) is 16.1 Å². The topological polar surface area (TPSA) is 101 Å². The average molecular weight is 428 g/mol. The minimum atomic E-state index is -3.61. The average Bonchev–Trinajstić information content (AvgIpc) is 3.38. The third kappa shape index (κ3) is 4.07. The number of carbonyl (C=O) groups is 1. The number of nitrogens with zero attached hydrogens (tertiary/aromatic N) is 1. The summed E-state index contributed by atoms with van der Waals surface area (Å²) in [5.74, 6) is 0.820. The van der Waals surface area contributed by atoms with Crippen LogP contribution in [-0.2, 0) is 16.6 Å². The molecule has 0 aliphatic heterocycles. The molecule has 0 atom stereocenters. The van der Waals surface area contributed by atoms with Gasteiger partial charge < -0.3 is 9.73 Å². The lowest BCUT2D eigenvalue weighted by Crippen LogP contribution is -2.23. The van der Waals surface area contributed by atoms with Crippen LogP contribution >= 0.6 is 11.3 Å². The molecule has 1 amide bonds. The molecule has 2 N–H and O–H groups in total. The van der Waals surface area contributed by atoms with E-state index in [4.69, 9.17) is 4.42 Å². The second-order valence-electron chi connectivity index (χ2n) is 6.17. The molecule has 2 aromatic heterocycles. The number of amides is 1. The van der Waals surface area contributed by atoms with Crippen LogP contribution in [0, 0.1) is 0 Å². The van der Waals surface area contributed by atoms with Crippen molar-refractivity contribution in [2.75, 3.05) is 7.05 Å². The molecule has 0 aliphatic rings. The van der Waals surface area contributed by atoms with E-state index in [1.807, 2.05) is 30.3 Å². The predicted molar refractivity (Wildman–Crippen MR) is 111 cm³/mol. The molecule has 0 radical (unpaired) electrons. The van der Waals surface area contributed by atoms with E-state index in [1.54, 1.807) is 12.1 Å². The second-order valence-corrected chi connectivity index (χ2v) is 9.09. The quantitative estimate of drug-likeness (QED) is 0.491. The number of carbonyl (C=O) groups excluding carboxylic acids is 1. The first-order valence-corrected chi connectivity index (χ1v) is 11.0. The smallest absolute Gasteiger partial charge is 0.251 e. The van der Waals surface area contributed by atoms with Crippen molar-refractivity contribution in [3.63, 3.8) is 0 Å². The van der Waals surface area contributed by atoms with Gasteiger partial charge in [-0.1, -0.05) is 18.2 Å². The lowest BCUT2D eigenvalue weighted by Gasteiger charge is -2.06. The lowest BCUT2D eigenvalue weighted by atomic mass is 10.2. The molecule has 0 aliphatic carbocycles. The predicted octanol–water partition coefficient (Wildman–Crippen LogP) is 3.39. The zero-order chi connectivity index (χ0) is 20.4. The summed E-state index contributed by atoms with van der Waals surface area (Å²) in [6.07, 6.45) is 0. The van der Waals surface area contributed by atoms with Crippen molar-refractivity contribution in [1.29, 1.82) is 0 Å². The number of hydrogen-bond acceptors (Lipinski definition) is 6. The maximum Gasteiger partial charge on any atom is 0.251 e. The number of hydrogen-bond donors (Lipinski definition) is 2. The molecule has 2 aromatic carbocycles. The number of furan rings is 1. The minimum Gasteiger partial charge on any atom is -0.457 e. The van der Waals surface area contributed by atoms with Crippen molar-refractivity contribution in [3.05, 3.63) is 72.0 Å². The summed E-state index contributed by atoms with van der Waals surface area (Å²) in [5, 5.41) is 3.51. The molecule has 0 fully saturated rings. The van der Waals surface area contributed by atoms with Gasteiger partial charge in [-0.15, -0.1) is 11.3 Å². The summed E-state index contributed by atoms with van der Waals surface area (Å²) in [7, 11) is -2.29. The first-order valence-electron chi connectivity index (χ1n) is 8.73. The largest absolute Gasteiger partial charge is 0.457 e. The molecule has 29 heavy (non-hydrogen) atoms. The molecule has 9 heteroatoms. The van der Waals surface area contributed by atoms with Gasteiger partial charge in [-0.3, -0.25) is 4.79 Å². The van der Waals surface area contributed by atoms with E-state index in [1.165, 1.54) is 36.6 Å². The van der Waals surface area contributed by atoms with Gasteiger partial charge in [0.1, 0.15) is 5.76 Å². The standard InChI is InChI=1S/C20H17N3O4S2/c1-21-29(25,26)15-6-4-5-13(11-15)19(24)22-12-14-9-10-17(27-14)20-23-16-7-2-3-8-18(16)28-20/h2-11,21H,12H2,1H3,(H,22,24). The van der Waals surface area contributed by atoms with Crippen LogP contribution < -0.4 is 10.0 Å². The molecule has 4 rings (SSSR count). The van der Waals surface area contributed by atoms with Gasteiger partial charge in [0.2, 0.25) is 10.0 Å². The third-order valence-corrected chi connectivity index (χ3v) is 6.73. The maximum absolute atomic E-state index is 12.4. The lowest BCUT2D eigenvalue weighted by molar-refractivity contribution is 0.0948. The van der Waals surface area contributed by atoms with Gasteiger partial charge in [-0.25, -0.2) is 18.1 Å². The van der Waals surface area contributed by atoms with Crippen LogP contribution in [0.15, 0.2) is 70.0 Å². The van der Waals surface area contributed by atoms with Crippen LogP contribution in [0.2, 0.25) is 0 Å². The first kappa shape index (κ1) is 19.3. The minimum absolute atomic E-state index is 0.0313. The molecule has 4 aromatic rings. The van der Waals surface area contributed by atoms with E-state index >= 15 is 0 Å². The van der Waals surface area contributed by atoms with Gasteiger partial charge in [0.25, 0.3) is 5.91 Å². The number of thiazole rings is 1. The highest BCUT2D eigenvalue weighted by atomic mass is 32.2. The van der Waals surface area contributed by atoms with Crippen LogP contribution in [-0.4, -0.2) is 26.4 Å². The Kier molecular flexibility index (Phi) is 5.18. The summed E-state index contributed by atoms with van der Waals surface area (Å²) < 4.78 is 32.9. The Morgan fingerprint density at radius 1 is 1.10 bits per heavy atom. The molecule has 7 nitrogen and oxygen atoms in total. The van der Waals surface area contributed by atoms with Gasteiger partial charge in [0.15, 0.2) is 10.8 Å². The summed E-state index contributed by atoms with van der Waals surface area (Å²) in [6.45, 7) is 0.173. The fourth-order valence-corrected chi connectivity index (χ4v) is 4.46. The third-order valence-electron chi connectivity index (χ3n) is 4.26. The molecule has 0 saturated heterocycles. The number of para-hydroxylation sites is 1. The van der Waals surface area contributed by atoms with Crippen molar-refractivity contribution >= 4 is 37.5 Å². The van der Waals surface area contributed by atoms with E-state index in [0.717, 1.165) is 15.2 Å². The summed E-state index contributed by atoms with van der Waals surface area (Å²) in [4.78, 5) is 17.0. The number of nitrogens with one attached hydrogen (secondary N) is 2. The zero-order valence-corrected chi connectivity index (χ0v) is 17.0. The molecular formula is C20H17N3O4S2. The van der Waals surface area contributed by atoms with Gasteiger partial charge in [0, 0.05) is 5.56 Å². The molecule has 0 bridgehead atoms. The van der Waals surface area contributed by atoms with E-state index in [9.17, 15) is 13.2 Å². The van der Waals surface area contributed by atoms with Crippen molar-refractivity contribution in [2.24, 2.45) is 0 Å². The van der Waals surface area contributed by atoms with Crippen LogP contribution in [0.4, 0.5) is 0 Å². The van der Waals surface area contributed by atoms with Crippen LogP contribution in [0.5, 0.6) is 0 Å². The molecule has 148 valence electrons. The fraction of sp³-hybridized carbons (Fsp3) is 0.100. The van der Waals surface area contributed by atoms with Crippen molar-refractivity contribution in [1.82, 2.24) is 15.0 Å². The SMILES string of the molecule is CNS(=O)(=O)c1cccc(C(=O)NCc2ccc(-c3nc4ccccc4s3)o2)c1. The zero-order valence-electron chi connectivity index (χ0n) is 15.4. The highest BCUT2D eigenvalue weighted by Gasteiger charge is 2.15. The van der Waals surface area contributed by atoms with Crippen molar-refractivity contribution in [2.45, 2.75) is 11.4 Å². The van der Waals surface area contributed by atoms with Crippen LogP contribution in [0.25, 0.3) is 21.0 Å². The first-order chi connectivity index (χ1) is 14.0. The monoisotopic (exact) mass is 427 g/mol. The van der Waals surface area contributed by atoms with Gasteiger partial charge in [-0.05, 0) is 49.5 Å². The van der Waals surface area contributed by atoms with Crippen molar-refractivity contribution < 1.29 is 17.6 Å². The Hall–Kier alpha value is -3.01. The van der Waals surface area contributed by atoms with Gasteiger partial charge in [0.05, 0.1) is 21.7 Å². The van der Waals surface area contributed by atoms with Crippen molar-refractivity contribution in [3.8, 4) is 10.8 Å². The Labute approximate surface area is 171 Å². The van der Waals surface area contributed by atoms with E-state index in [-0.39, 0.29) is 17.0 Å². The Bertz CT molecular complexity index is 1260. The number of sulfonamides is 1. The number of aromatic nitrogens is 1. The Morgan fingerprint density at radius 3 is 2.72 bits per heavy atom. The highest BCUT2D eigenvalue weighted by molar-refractivity contribution is 7.89. The summed E-state index contributed by atoms with van der Waals surface area (Å²) >= 11 is 1.54. The molecule has 0 spiro atoms. The summed E-state index contributed by atoms with van der Waals surface area (Å²) in [6, 6.07) is 17.3. The van der Waals surface area contributed by atoms with E-state index in [0.29, 0.717) is 11.5 Å². The Balaban J connectivity index is 1.46. The molecule has 0 unspecified atom stereocenters. The highest BCUT2D eigenvalue weighted by Crippen LogP contribution is 2.31. The second kappa shape index (κ2) is 7.78. The van der Waals surface area contributed by atoms with E-state index in [2.05, 4.69) is 15.0 Å². The van der Waals surface area contributed by atoms with E-state index < -0.39 is 15.9 Å². The molecular weight excluding hydrogens is 410 g/mol. The molecule has 0 saturated carbocycles. The number of benzene rings is 2. The Morgan fingerprint density at radius 2 is 1.93 bits per heavy atom. The van der Waals surface area contributed by atoms with Crippen LogP contribution in [0.3, 0.4) is 0 Å². The normalized spacial score (nSPS) is 11.6. The maximum atomic E-state index is 12.4. The van der Waals surface area contributed by atoms with Gasteiger partial charge in [-0.2, -0.15) is 0 Å². The fourth-order valence-electron chi connectivity index (χ4n) is 2.76.